The van der Waals surface area contributed by atoms with Gasteiger partial charge in [-0.15, -0.1) is 0 Å². The van der Waals surface area contributed by atoms with Gasteiger partial charge in [0.05, 0.1) is 33.7 Å². The third kappa shape index (κ3) is 5.37. The fraction of sp³-hybridized carbons (Fsp3) is 0.379. The van der Waals surface area contributed by atoms with Gasteiger partial charge in [-0.3, -0.25) is 14.6 Å². The molecule has 0 bridgehead atoms. The third-order valence-corrected chi connectivity index (χ3v) is 7.15. The van der Waals surface area contributed by atoms with E-state index in [9.17, 15) is 4.79 Å². The summed E-state index contributed by atoms with van der Waals surface area (Å²) < 4.78 is 16.3. The monoisotopic (exact) mass is 530 g/mol. The van der Waals surface area contributed by atoms with Crippen LogP contribution in [-0.2, 0) is 11.2 Å². The predicted octanol–water partition coefficient (Wildman–Crippen LogP) is 3.89. The second-order valence-electron chi connectivity index (χ2n) is 9.83. The first kappa shape index (κ1) is 26.4. The van der Waals surface area contributed by atoms with Gasteiger partial charge in [0.1, 0.15) is 11.5 Å². The average molecular weight is 531 g/mol. The molecule has 5 rings (SSSR count). The molecule has 0 atom stereocenters. The number of benzene rings is 2. The fourth-order valence-corrected chi connectivity index (χ4v) is 5.13. The first-order valence-corrected chi connectivity index (χ1v) is 13.1. The van der Waals surface area contributed by atoms with Crippen LogP contribution in [0.2, 0.25) is 0 Å². The highest BCUT2D eigenvalue weighted by molar-refractivity contribution is 6.54. The van der Waals surface area contributed by atoms with Crippen molar-refractivity contribution in [2.24, 2.45) is 4.99 Å². The van der Waals surface area contributed by atoms with E-state index in [1.165, 1.54) is 6.42 Å². The summed E-state index contributed by atoms with van der Waals surface area (Å²) in [5, 5.41) is 0. The number of nitrogen functional groups attached to an aromatic ring is 1. The summed E-state index contributed by atoms with van der Waals surface area (Å²) in [7, 11) is 4.71. The van der Waals surface area contributed by atoms with Crippen molar-refractivity contribution in [3.63, 3.8) is 0 Å². The molecule has 39 heavy (non-hydrogen) atoms. The van der Waals surface area contributed by atoms with E-state index in [2.05, 4.69) is 19.9 Å². The first-order chi connectivity index (χ1) is 18.9. The van der Waals surface area contributed by atoms with Crippen LogP contribution in [0.5, 0.6) is 17.2 Å². The molecule has 10 heteroatoms. The number of carbonyl (C=O) groups excluding carboxylic acids is 1. The molecule has 1 fully saturated rings. The number of likely N-dealkylation sites (tertiary alicyclic amines) is 1. The Bertz CT molecular complexity index is 1390. The number of amides is 1. The molecule has 2 N–H and O–H groups in total. The minimum Gasteiger partial charge on any atom is -0.493 e. The molecule has 0 aliphatic carbocycles. The van der Waals surface area contributed by atoms with Crippen molar-refractivity contribution in [3.05, 3.63) is 58.8 Å². The van der Waals surface area contributed by atoms with Crippen molar-refractivity contribution >= 4 is 29.1 Å². The minimum atomic E-state index is -0.148. The number of nitrogens with zero attached hydrogens (tertiary/aromatic N) is 5. The van der Waals surface area contributed by atoms with Crippen molar-refractivity contribution in [1.29, 1.82) is 0 Å². The second-order valence-corrected chi connectivity index (χ2v) is 9.83. The zero-order valence-electron chi connectivity index (χ0n) is 22.9. The molecular formula is C29H34N6O4. The van der Waals surface area contributed by atoms with Crippen molar-refractivity contribution in [1.82, 2.24) is 14.9 Å². The van der Waals surface area contributed by atoms with E-state index >= 15 is 0 Å². The number of anilines is 2. The van der Waals surface area contributed by atoms with Crippen LogP contribution in [0, 0.1) is 6.92 Å². The number of nitrogens with two attached hydrogens (primary N) is 1. The molecule has 2 aliphatic rings. The number of methoxy groups -OCH3 is 3. The molecule has 10 nitrogen and oxygen atoms in total. The Morgan fingerprint density at radius 2 is 1.72 bits per heavy atom. The Hall–Kier alpha value is -4.18. The Balaban J connectivity index is 1.42. The summed E-state index contributed by atoms with van der Waals surface area (Å²) in [6, 6.07) is 9.73. The molecule has 1 amide bonds. The SMILES string of the molecule is COc1cc(Cc2cnc(/N=C3\C(=O)N(CN4CCCCC4)c4ccc(C)cc43)nc2N)cc(OC)c1OC. The summed E-state index contributed by atoms with van der Waals surface area (Å²) in [6.45, 7) is 4.53. The Morgan fingerprint density at radius 3 is 2.36 bits per heavy atom. The lowest BCUT2D eigenvalue weighted by Crippen LogP contribution is -2.43. The summed E-state index contributed by atoms with van der Waals surface area (Å²) >= 11 is 0. The number of ether oxygens (including phenoxy) is 3. The second kappa shape index (κ2) is 11.3. The maximum Gasteiger partial charge on any atom is 0.278 e. The molecule has 0 spiro atoms. The van der Waals surface area contributed by atoms with Crippen LogP contribution in [0.1, 0.15) is 41.5 Å². The molecule has 3 aromatic rings. The number of hydrogen-bond acceptors (Lipinski definition) is 9. The molecule has 204 valence electrons. The van der Waals surface area contributed by atoms with Crippen LogP contribution >= 0.6 is 0 Å². The van der Waals surface area contributed by atoms with Crippen molar-refractivity contribution < 1.29 is 19.0 Å². The van der Waals surface area contributed by atoms with E-state index in [0.717, 1.165) is 48.3 Å². The van der Waals surface area contributed by atoms with Crippen LogP contribution in [-0.4, -0.2) is 67.6 Å². The average Bonchev–Trinajstić information content (AvgIpc) is 3.19. The van der Waals surface area contributed by atoms with Gasteiger partial charge < -0.3 is 19.9 Å². The lowest BCUT2D eigenvalue weighted by molar-refractivity contribution is -0.112. The van der Waals surface area contributed by atoms with Gasteiger partial charge in [0.25, 0.3) is 11.9 Å². The molecule has 0 saturated carbocycles. The van der Waals surface area contributed by atoms with E-state index in [1.807, 2.05) is 37.3 Å². The predicted molar refractivity (Wildman–Crippen MR) is 151 cm³/mol. The summed E-state index contributed by atoms with van der Waals surface area (Å²) in [5.74, 6) is 1.92. The third-order valence-electron chi connectivity index (χ3n) is 7.15. The van der Waals surface area contributed by atoms with Gasteiger partial charge in [0.15, 0.2) is 11.5 Å². The number of rotatable bonds is 8. The van der Waals surface area contributed by atoms with Crippen molar-refractivity contribution in [2.45, 2.75) is 32.6 Å². The fourth-order valence-electron chi connectivity index (χ4n) is 5.13. The molecule has 3 heterocycles. The number of carbonyl (C=O) groups is 1. The summed E-state index contributed by atoms with van der Waals surface area (Å²) in [4.78, 5) is 31.2. The lowest BCUT2D eigenvalue weighted by Gasteiger charge is -2.30. The molecule has 0 radical (unpaired) electrons. The maximum absolute atomic E-state index is 13.6. The number of piperidine rings is 1. The topological polar surface area (TPSA) is 115 Å². The van der Waals surface area contributed by atoms with Gasteiger partial charge in [-0.2, -0.15) is 4.98 Å². The zero-order chi connectivity index (χ0) is 27.5. The van der Waals surface area contributed by atoms with Crippen LogP contribution in [0.3, 0.4) is 0 Å². The van der Waals surface area contributed by atoms with E-state index in [0.29, 0.717) is 41.6 Å². The van der Waals surface area contributed by atoms with Gasteiger partial charge in [-0.05, 0) is 62.7 Å². The zero-order valence-corrected chi connectivity index (χ0v) is 22.9. The Labute approximate surface area is 228 Å². The summed E-state index contributed by atoms with van der Waals surface area (Å²) in [5.41, 5.74) is 11.0. The largest absolute Gasteiger partial charge is 0.493 e. The number of fused-ring (bicyclic) bond motifs is 1. The minimum absolute atomic E-state index is 0.148. The lowest BCUT2D eigenvalue weighted by atomic mass is 10.1. The van der Waals surface area contributed by atoms with Gasteiger partial charge in [0, 0.05) is 23.7 Å². The molecule has 2 aliphatic heterocycles. The highest BCUT2D eigenvalue weighted by Crippen LogP contribution is 2.39. The van der Waals surface area contributed by atoms with Crippen LogP contribution in [0.15, 0.2) is 41.5 Å². The highest BCUT2D eigenvalue weighted by atomic mass is 16.5. The van der Waals surface area contributed by atoms with Crippen molar-refractivity contribution in [3.8, 4) is 17.2 Å². The Morgan fingerprint density at radius 1 is 1.00 bits per heavy atom. The van der Waals surface area contributed by atoms with Crippen LogP contribution in [0.25, 0.3) is 0 Å². The normalized spacial score (nSPS) is 16.5. The van der Waals surface area contributed by atoms with E-state index in [4.69, 9.17) is 19.9 Å². The molecule has 1 aromatic heterocycles. The standard InChI is InChI=1S/C29H34N6O4/c1-18-8-9-22-21(12-18)25(28(36)35(22)17-34-10-6-5-7-11-34)32-29-31-16-20(27(30)33-29)13-19-14-23(37-2)26(39-4)24(15-19)38-3/h8-9,12,14-16H,5-7,10-11,13,17H2,1-4H3,(H2,30,31,33)/b32-25-. The molecule has 0 unspecified atom stereocenters. The first-order valence-electron chi connectivity index (χ1n) is 13.1. The maximum atomic E-state index is 13.6. The number of aromatic nitrogens is 2. The van der Waals surface area contributed by atoms with Gasteiger partial charge in [-0.1, -0.05) is 18.1 Å². The quantitative estimate of drug-likeness (QED) is 0.466. The van der Waals surface area contributed by atoms with E-state index in [-0.39, 0.29) is 17.7 Å². The Kier molecular flexibility index (Phi) is 7.65. The van der Waals surface area contributed by atoms with Gasteiger partial charge >= 0.3 is 0 Å². The molecule has 2 aromatic carbocycles. The molecular weight excluding hydrogens is 496 g/mol. The van der Waals surface area contributed by atoms with Gasteiger partial charge in [0.2, 0.25) is 5.75 Å². The van der Waals surface area contributed by atoms with Crippen molar-refractivity contribution in [2.75, 3.05) is 51.7 Å². The summed E-state index contributed by atoms with van der Waals surface area (Å²) in [6.07, 6.45) is 5.64. The van der Waals surface area contributed by atoms with E-state index in [1.54, 1.807) is 32.4 Å². The van der Waals surface area contributed by atoms with E-state index < -0.39 is 0 Å². The number of aliphatic imine (C=N–C) groups is 1. The van der Waals surface area contributed by atoms with Crippen LogP contribution < -0.4 is 24.8 Å². The van der Waals surface area contributed by atoms with Crippen LogP contribution in [0.4, 0.5) is 17.5 Å². The molecule has 1 saturated heterocycles. The number of hydrogen-bond donors (Lipinski definition) is 1. The van der Waals surface area contributed by atoms with Gasteiger partial charge in [-0.25, -0.2) is 9.98 Å². The highest BCUT2D eigenvalue weighted by Gasteiger charge is 2.35. The smallest absolute Gasteiger partial charge is 0.278 e. The number of aryl methyl sites for hydroxylation is 1.